The van der Waals surface area contributed by atoms with Crippen LogP contribution in [-0.2, 0) is 10.0 Å². The Labute approximate surface area is 180 Å². The summed E-state index contributed by atoms with van der Waals surface area (Å²) in [4.78, 5) is 18.8. The number of sulfonamides is 1. The lowest BCUT2D eigenvalue weighted by Gasteiger charge is -2.34. The Morgan fingerprint density at radius 1 is 1.07 bits per heavy atom. The molecule has 158 valence electrons. The maximum absolute atomic E-state index is 12.7. The van der Waals surface area contributed by atoms with Crippen molar-refractivity contribution in [1.82, 2.24) is 24.2 Å². The summed E-state index contributed by atoms with van der Waals surface area (Å²) >= 11 is 1.23. The topological polar surface area (TPSA) is 121 Å². The Kier molecular flexibility index (Phi) is 4.65. The van der Waals surface area contributed by atoms with Crippen LogP contribution in [0, 0.1) is 0 Å². The highest BCUT2D eigenvalue weighted by Crippen LogP contribution is 2.27. The number of benzene rings is 1. The third-order valence-electron chi connectivity index (χ3n) is 5.05. The molecule has 3 aromatic heterocycles. The first-order valence-electron chi connectivity index (χ1n) is 9.38. The highest BCUT2D eigenvalue weighted by Gasteiger charge is 2.30. The van der Waals surface area contributed by atoms with Gasteiger partial charge in [-0.2, -0.15) is 4.31 Å². The molecule has 4 heterocycles. The Morgan fingerprint density at radius 3 is 2.60 bits per heavy atom. The molecule has 1 aliphatic heterocycles. The van der Waals surface area contributed by atoms with E-state index in [4.69, 9.17) is 5.73 Å². The second kappa shape index (κ2) is 7.35. The number of nitrogen functional groups attached to an aromatic ring is 1. The van der Waals surface area contributed by atoms with Gasteiger partial charge in [-0.15, -0.1) is 11.3 Å². The van der Waals surface area contributed by atoms with Crippen molar-refractivity contribution in [1.29, 1.82) is 0 Å². The molecule has 5 rings (SSSR count). The minimum Gasteiger partial charge on any atom is -0.382 e. The van der Waals surface area contributed by atoms with Gasteiger partial charge in [0, 0.05) is 29.0 Å². The minimum atomic E-state index is -3.44. The molecule has 0 unspecified atom stereocenters. The van der Waals surface area contributed by atoms with Crippen LogP contribution in [0.2, 0.25) is 0 Å². The summed E-state index contributed by atoms with van der Waals surface area (Å²) in [7, 11) is -3.44. The normalized spacial score (nSPS) is 15.7. The Hall–Kier alpha value is -3.02. The average molecular weight is 446 g/mol. The zero-order valence-electron chi connectivity index (χ0n) is 15.9. The van der Waals surface area contributed by atoms with Crippen LogP contribution in [-0.4, -0.2) is 58.8 Å². The number of hydrogen-bond donors (Lipinski definition) is 2. The Morgan fingerprint density at radius 2 is 1.87 bits per heavy atom. The molecule has 0 saturated carbocycles. The molecule has 0 bridgehead atoms. The average Bonchev–Trinajstić information content (AvgIpc) is 3.44. The number of aromatic nitrogens is 4. The molecule has 11 heteroatoms. The molecule has 0 spiro atoms. The highest BCUT2D eigenvalue weighted by atomic mass is 32.2. The van der Waals surface area contributed by atoms with E-state index in [0.717, 1.165) is 11.0 Å². The molecule has 1 saturated heterocycles. The van der Waals surface area contributed by atoms with Gasteiger partial charge in [-0.1, -0.05) is 18.2 Å². The summed E-state index contributed by atoms with van der Waals surface area (Å²) in [5.74, 6) is 1.49. The molecule has 30 heavy (non-hydrogen) atoms. The number of para-hydroxylation sites is 2. The minimum absolute atomic E-state index is 0. The van der Waals surface area contributed by atoms with Gasteiger partial charge in [-0.25, -0.2) is 23.4 Å². The van der Waals surface area contributed by atoms with E-state index in [1.54, 1.807) is 23.7 Å². The molecule has 0 radical (unpaired) electrons. The van der Waals surface area contributed by atoms with Gasteiger partial charge < -0.3 is 15.6 Å². The number of nitrogens with one attached hydrogen (secondary N) is 1. The third-order valence-corrected chi connectivity index (χ3v) is 8.33. The van der Waals surface area contributed by atoms with Crippen molar-refractivity contribution in [3.63, 3.8) is 0 Å². The first-order valence-corrected chi connectivity index (χ1v) is 11.7. The lowest BCUT2D eigenvalue weighted by molar-refractivity contribution is 0.384. The molecule has 1 fully saturated rings. The first kappa shape index (κ1) is 19.0. The number of H-pyrrole nitrogens is 1. The predicted molar refractivity (Wildman–Crippen MR) is 121 cm³/mol. The monoisotopic (exact) mass is 445 g/mol. The van der Waals surface area contributed by atoms with E-state index in [1.807, 2.05) is 29.2 Å². The van der Waals surface area contributed by atoms with E-state index < -0.39 is 10.0 Å². The van der Waals surface area contributed by atoms with Crippen LogP contribution in [0.3, 0.4) is 0 Å². The molecule has 0 atom stereocenters. The molecule has 0 aliphatic carbocycles. The van der Waals surface area contributed by atoms with Crippen molar-refractivity contribution in [2.45, 2.75) is 4.21 Å². The molecule has 0 amide bonds. The van der Waals surface area contributed by atoms with Gasteiger partial charge in [0.15, 0.2) is 17.3 Å². The summed E-state index contributed by atoms with van der Waals surface area (Å²) in [6.07, 6.45) is 1.62. The maximum Gasteiger partial charge on any atom is 0.252 e. The van der Waals surface area contributed by atoms with Crippen LogP contribution < -0.4 is 10.6 Å². The van der Waals surface area contributed by atoms with Crippen LogP contribution in [0.4, 0.5) is 11.6 Å². The number of hydrogen-bond acceptors (Lipinski definition) is 8. The van der Waals surface area contributed by atoms with Gasteiger partial charge in [0.05, 0.1) is 17.2 Å². The van der Waals surface area contributed by atoms with Crippen molar-refractivity contribution in [3.8, 4) is 11.5 Å². The fraction of sp³-hybridized carbons (Fsp3) is 0.211. The van der Waals surface area contributed by atoms with E-state index in [9.17, 15) is 8.42 Å². The summed E-state index contributed by atoms with van der Waals surface area (Å²) in [5.41, 5.74) is 8.27. The summed E-state index contributed by atoms with van der Waals surface area (Å²) < 4.78 is 27.3. The summed E-state index contributed by atoms with van der Waals surface area (Å²) in [6.45, 7) is 1.80. The van der Waals surface area contributed by atoms with Crippen LogP contribution >= 0.6 is 11.3 Å². The molecule has 1 aliphatic rings. The number of piperazine rings is 1. The number of thiophene rings is 1. The molecule has 9 nitrogen and oxygen atoms in total. The zero-order chi connectivity index (χ0) is 20.7. The second-order valence-corrected chi connectivity index (χ2v) is 10.0. The van der Waals surface area contributed by atoms with Gasteiger partial charge >= 0.3 is 0 Å². The van der Waals surface area contributed by atoms with Crippen LogP contribution in [0.5, 0.6) is 0 Å². The van der Waals surface area contributed by atoms with E-state index >= 15 is 0 Å². The van der Waals surface area contributed by atoms with Gasteiger partial charge in [-0.05, 0) is 23.6 Å². The molecule has 3 N–H and O–H groups in total. The van der Waals surface area contributed by atoms with Crippen molar-refractivity contribution in [2.24, 2.45) is 0 Å². The van der Waals surface area contributed by atoms with E-state index in [0.29, 0.717) is 47.7 Å². The van der Waals surface area contributed by atoms with Crippen molar-refractivity contribution >= 4 is 44.0 Å². The van der Waals surface area contributed by atoms with Crippen LogP contribution in [0.25, 0.3) is 22.6 Å². The second-order valence-electron chi connectivity index (χ2n) is 6.89. The largest absolute Gasteiger partial charge is 0.382 e. The number of nitrogens with zero attached hydrogens (tertiary/aromatic N) is 5. The van der Waals surface area contributed by atoms with E-state index in [1.165, 1.54) is 15.6 Å². The Bertz CT molecular complexity index is 1270. The quantitative estimate of drug-likeness (QED) is 0.495. The fourth-order valence-electron chi connectivity index (χ4n) is 3.48. The Balaban J connectivity index is 0.00000144. The van der Waals surface area contributed by atoms with E-state index in [-0.39, 0.29) is 8.67 Å². The standard InChI is InChI=1S/C19H19N7O2S2.2H2/c20-18-17(19-22-13-4-1-2-5-14(13)23-19)24-15(12-21-18)25-7-9-26(10-8-25)30(27,28)16-6-3-11-29-16;;/h1-6,11-12H,7-10H2,(H2,20,21)(H,22,23);2*1H. The SMILES string of the molecule is Nc1ncc(N2CCN(S(=O)(=O)c3cccs3)CC2)nc1-c1nc2ccccc2[nH]1.[HH].[HH]. The lowest BCUT2D eigenvalue weighted by Crippen LogP contribution is -2.48. The number of aromatic amines is 1. The summed E-state index contributed by atoms with van der Waals surface area (Å²) in [6, 6.07) is 11.1. The van der Waals surface area contributed by atoms with Gasteiger partial charge in [0.25, 0.3) is 10.0 Å². The maximum atomic E-state index is 12.7. The van der Waals surface area contributed by atoms with Crippen LogP contribution in [0.15, 0.2) is 52.2 Å². The van der Waals surface area contributed by atoms with Gasteiger partial charge in [-0.3, -0.25) is 0 Å². The van der Waals surface area contributed by atoms with Crippen molar-refractivity contribution < 1.29 is 11.3 Å². The summed E-state index contributed by atoms with van der Waals surface area (Å²) in [5, 5.41) is 1.77. The smallest absolute Gasteiger partial charge is 0.252 e. The first-order chi connectivity index (χ1) is 14.5. The fourth-order valence-corrected chi connectivity index (χ4v) is 6.04. The number of rotatable bonds is 4. The van der Waals surface area contributed by atoms with Crippen molar-refractivity contribution in [3.05, 3.63) is 48.0 Å². The zero-order valence-corrected chi connectivity index (χ0v) is 17.5. The predicted octanol–water partition coefficient (Wildman–Crippen LogP) is 2.67. The number of imidazole rings is 1. The number of fused-ring (bicyclic) bond motifs is 1. The molecular weight excluding hydrogens is 422 g/mol. The van der Waals surface area contributed by atoms with Crippen molar-refractivity contribution in [2.75, 3.05) is 36.8 Å². The third kappa shape index (κ3) is 3.30. The van der Waals surface area contributed by atoms with E-state index in [2.05, 4.69) is 19.9 Å². The van der Waals surface area contributed by atoms with Crippen LogP contribution in [0.1, 0.15) is 2.85 Å². The molecular formula is C19H23N7O2S2. The number of anilines is 2. The lowest BCUT2D eigenvalue weighted by atomic mass is 10.3. The van der Waals surface area contributed by atoms with Gasteiger partial charge in [0.2, 0.25) is 0 Å². The molecule has 4 aromatic rings. The van der Waals surface area contributed by atoms with Gasteiger partial charge in [0.1, 0.15) is 10.0 Å². The highest BCUT2D eigenvalue weighted by molar-refractivity contribution is 7.91. The molecule has 1 aromatic carbocycles. The number of nitrogens with two attached hydrogens (primary N) is 1.